The van der Waals surface area contributed by atoms with E-state index in [1.165, 1.54) is 0 Å². The lowest BCUT2D eigenvalue weighted by Crippen LogP contribution is -2.56. The Hall–Kier alpha value is -1.92. The van der Waals surface area contributed by atoms with Crippen LogP contribution in [0.5, 0.6) is 0 Å². The molecular weight excluding hydrogens is 304 g/mol. The first-order chi connectivity index (χ1) is 11.5. The molecule has 24 heavy (non-hydrogen) atoms. The van der Waals surface area contributed by atoms with E-state index in [1.54, 1.807) is 7.05 Å². The number of nitrogens with zero attached hydrogens (tertiary/aromatic N) is 1. The predicted octanol–water partition coefficient (Wildman–Crippen LogP) is 0.768. The largest absolute Gasteiger partial charge is 0.359 e. The van der Waals surface area contributed by atoms with Crippen molar-refractivity contribution in [2.75, 3.05) is 26.7 Å². The zero-order chi connectivity index (χ0) is 17.2. The molecule has 1 aromatic carbocycles. The first kappa shape index (κ1) is 16.9. The molecule has 2 amide bonds. The molecule has 3 rings (SSSR count). The number of rotatable bonds is 3. The van der Waals surface area contributed by atoms with Crippen molar-refractivity contribution in [1.29, 1.82) is 0 Å². The van der Waals surface area contributed by atoms with Gasteiger partial charge in [0.05, 0.1) is 5.92 Å². The van der Waals surface area contributed by atoms with Crippen LogP contribution in [0, 0.1) is 11.3 Å². The van der Waals surface area contributed by atoms with E-state index in [9.17, 15) is 9.59 Å². The average molecular weight is 330 g/mol. The van der Waals surface area contributed by atoms with E-state index in [2.05, 4.69) is 23.1 Å². The molecule has 6 nitrogen and oxygen atoms in total. The van der Waals surface area contributed by atoms with E-state index < -0.39 is 0 Å². The van der Waals surface area contributed by atoms with Crippen LogP contribution in [0.1, 0.15) is 30.1 Å². The third kappa shape index (κ3) is 3.16. The molecule has 130 valence electrons. The maximum atomic E-state index is 12.8. The number of piperidine rings is 1. The van der Waals surface area contributed by atoms with E-state index in [0.717, 1.165) is 24.9 Å². The smallest absolute Gasteiger partial charge is 0.253 e. The van der Waals surface area contributed by atoms with Gasteiger partial charge in [0.2, 0.25) is 5.91 Å². The lowest BCUT2D eigenvalue weighted by molar-refractivity contribution is -0.125. The van der Waals surface area contributed by atoms with Crippen LogP contribution in [0.3, 0.4) is 0 Å². The number of nitrogens with one attached hydrogen (secondary N) is 3. The van der Waals surface area contributed by atoms with Crippen LogP contribution in [0.2, 0.25) is 0 Å². The summed E-state index contributed by atoms with van der Waals surface area (Å²) >= 11 is 0. The van der Waals surface area contributed by atoms with Crippen LogP contribution in [0.15, 0.2) is 30.3 Å². The van der Waals surface area contributed by atoms with Crippen molar-refractivity contribution in [3.05, 3.63) is 35.9 Å². The number of hydrazine groups is 1. The normalized spacial score (nSPS) is 30.2. The predicted molar refractivity (Wildman–Crippen MR) is 92.2 cm³/mol. The molecule has 2 fully saturated rings. The highest BCUT2D eigenvalue weighted by Crippen LogP contribution is 2.37. The number of benzene rings is 1. The van der Waals surface area contributed by atoms with Gasteiger partial charge in [0.1, 0.15) is 0 Å². The Labute approximate surface area is 143 Å². The molecule has 0 bridgehead atoms. The maximum Gasteiger partial charge on any atom is 0.253 e. The van der Waals surface area contributed by atoms with Crippen molar-refractivity contribution >= 4 is 11.8 Å². The third-order valence-electron chi connectivity index (χ3n) is 5.35. The number of amides is 2. The van der Waals surface area contributed by atoms with Gasteiger partial charge in [-0.25, -0.2) is 0 Å². The van der Waals surface area contributed by atoms with Gasteiger partial charge in [-0.2, -0.15) is 0 Å². The number of carbonyl (C=O) groups is 2. The molecule has 2 aliphatic rings. The third-order valence-corrected chi connectivity index (χ3v) is 5.35. The summed E-state index contributed by atoms with van der Waals surface area (Å²) in [6, 6.07) is 9.43. The molecule has 0 saturated carbocycles. The number of hydrogen-bond donors (Lipinski definition) is 3. The van der Waals surface area contributed by atoms with Gasteiger partial charge in [-0.1, -0.05) is 25.1 Å². The summed E-state index contributed by atoms with van der Waals surface area (Å²) in [5, 5.41) is 2.75. The maximum absolute atomic E-state index is 12.8. The van der Waals surface area contributed by atoms with Crippen LogP contribution in [-0.2, 0) is 4.79 Å². The first-order valence-electron chi connectivity index (χ1n) is 8.59. The molecule has 0 aliphatic carbocycles. The zero-order valence-electron chi connectivity index (χ0n) is 14.3. The molecule has 0 radical (unpaired) electrons. The molecule has 3 N–H and O–H groups in total. The van der Waals surface area contributed by atoms with Crippen LogP contribution in [0.25, 0.3) is 0 Å². The lowest BCUT2D eigenvalue weighted by Gasteiger charge is -2.45. The van der Waals surface area contributed by atoms with Crippen molar-refractivity contribution in [2.45, 2.75) is 25.8 Å². The van der Waals surface area contributed by atoms with E-state index in [-0.39, 0.29) is 29.2 Å². The van der Waals surface area contributed by atoms with Crippen LogP contribution in [0.4, 0.5) is 0 Å². The molecule has 2 heterocycles. The molecule has 3 atom stereocenters. The van der Waals surface area contributed by atoms with Gasteiger partial charge in [0.15, 0.2) is 0 Å². The molecule has 1 aromatic rings. The molecule has 3 unspecified atom stereocenters. The highest BCUT2D eigenvalue weighted by Gasteiger charge is 2.47. The molecule has 0 spiro atoms. The van der Waals surface area contributed by atoms with Crippen molar-refractivity contribution in [1.82, 2.24) is 21.1 Å². The fourth-order valence-corrected chi connectivity index (χ4v) is 4.05. The summed E-state index contributed by atoms with van der Waals surface area (Å²) in [6.45, 7) is 4.23. The summed E-state index contributed by atoms with van der Waals surface area (Å²) in [5.74, 6) is 0.000913. The Bertz CT molecular complexity index is 606. The number of likely N-dealkylation sites (tertiary alicyclic amines) is 1. The fraction of sp³-hybridized carbons (Fsp3) is 0.556. The Kier molecular flexibility index (Phi) is 4.87. The Balaban J connectivity index is 1.76. The standard InChI is InChI=1S/C18H26N4O2/c1-18(15-14(11-20-21-15)16(23)19-2)9-6-10-22(12-18)17(24)13-7-4-3-5-8-13/h3-5,7-8,14-15,20-21H,6,9-12H2,1-2H3,(H,19,23). The SMILES string of the molecule is CNC(=O)C1CNNC1C1(C)CCCN(C(=O)c2ccccc2)C1. The van der Waals surface area contributed by atoms with Crippen LogP contribution >= 0.6 is 0 Å². The molecule has 2 aliphatic heterocycles. The summed E-state index contributed by atoms with van der Waals surface area (Å²) in [7, 11) is 1.67. The van der Waals surface area contributed by atoms with E-state index in [0.29, 0.717) is 13.1 Å². The van der Waals surface area contributed by atoms with E-state index in [1.807, 2.05) is 35.2 Å². The topological polar surface area (TPSA) is 73.5 Å². The quantitative estimate of drug-likeness (QED) is 0.765. The second-order valence-electron chi connectivity index (χ2n) is 7.07. The Morgan fingerprint density at radius 1 is 1.29 bits per heavy atom. The van der Waals surface area contributed by atoms with E-state index >= 15 is 0 Å². The minimum absolute atomic E-state index is 0.0174. The second kappa shape index (κ2) is 6.91. The van der Waals surface area contributed by atoms with Gasteiger partial charge in [0.25, 0.3) is 5.91 Å². The Morgan fingerprint density at radius 2 is 2.04 bits per heavy atom. The van der Waals surface area contributed by atoms with Gasteiger partial charge in [-0.3, -0.25) is 20.4 Å². The van der Waals surface area contributed by atoms with E-state index in [4.69, 9.17) is 0 Å². The fourth-order valence-electron chi connectivity index (χ4n) is 4.05. The van der Waals surface area contributed by atoms with Gasteiger partial charge in [-0.05, 0) is 25.0 Å². The highest BCUT2D eigenvalue weighted by atomic mass is 16.2. The number of carbonyl (C=O) groups excluding carboxylic acids is 2. The van der Waals surface area contributed by atoms with Crippen molar-refractivity contribution in [3.8, 4) is 0 Å². The van der Waals surface area contributed by atoms with Crippen molar-refractivity contribution in [2.24, 2.45) is 11.3 Å². The monoisotopic (exact) mass is 330 g/mol. The van der Waals surface area contributed by atoms with Crippen molar-refractivity contribution in [3.63, 3.8) is 0 Å². The molecule has 2 saturated heterocycles. The molecule has 0 aromatic heterocycles. The lowest BCUT2D eigenvalue weighted by atomic mass is 9.71. The number of hydrogen-bond acceptors (Lipinski definition) is 4. The van der Waals surface area contributed by atoms with Crippen molar-refractivity contribution < 1.29 is 9.59 Å². The average Bonchev–Trinajstić information content (AvgIpc) is 3.12. The Morgan fingerprint density at radius 3 is 2.75 bits per heavy atom. The summed E-state index contributed by atoms with van der Waals surface area (Å²) in [6.07, 6.45) is 1.95. The molecule has 6 heteroatoms. The summed E-state index contributed by atoms with van der Waals surface area (Å²) < 4.78 is 0. The van der Waals surface area contributed by atoms with Crippen LogP contribution in [-0.4, -0.2) is 49.4 Å². The first-order valence-corrected chi connectivity index (χ1v) is 8.59. The van der Waals surface area contributed by atoms with Gasteiger partial charge < -0.3 is 10.2 Å². The molecular formula is C18H26N4O2. The van der Waals surface area contributed by atoms with Gasteiger partial charge in [0, 0.05) is 43.7 Å². The second-order valence-corrected chi connectivity index (χ2v) is 7.07. The summed E-state index contributed by atoms with van der Waals surface area (Å²) in [4.78, 5) is 26.9. The summed E-state index contributed by atoms with van der Waals surface area (Å²) in [5.41, 5.74) is 6.99. The minimum Gasteiger partial charge on any atom is -0.359 e. The highest BCUT2D eigenvalue weighted by molar-refractivity contribution is 5.94. The van der Waals surface area contributed by atoms with Gasteiger partial charge >= 0.3 is 0 Å². The minimum atomic E-state index is -0.136. The zero-order valence-corrected chi connectivity index (χ0v) is 14.3. The van der Waals surface area contributed by atoms with Gasteiger partial charge in [-0.15, -0.1) is 0 Å². The van der Waals surface area contributed by atoms with Crippen LogP contribution < -0.4 is 16.2 Å².